The molecule has 3 rings (SSSR count). The molecule has 5 heteroatoms. The summed E-state index contributed by atoms with van der Waals surface area (Å²) in [6, 6.07) is 7.95. The SMILES string of the molecule is Cc1nc(Cn2c(C(C)O)nc3ccccc32)sc1C. The molecule has 4 nitrogen and oxygen atoms in total. The molecule has 0 aliphatic carbocycles. The largest absolute Gasteiger partial charge is 0.385 e. The molecule has 1 aromatic carbocycles. The lowest BCUT2D eigenvalue weighted by Crippen LogP contribution is -2.07. The molecule has 104 valence electrons. The van der Waals surface area contributed by atoms with Crippen LogP contribution >= 0.6 is 11.3 Å². The summed E-state index contributed by atoms with van der Waals surface area (Å²) >= 11 is 1.70. The fraction of sp³-hybridized carbons (Fsp3) is 0.333. The number of imidazole rings is 1. The molecule has 0 saturated carbocycles. The number of rotatable bonds is 3. The van der Waals surface area contributed by atoms with Crippen molar-refractivity contribution in [3.63, 3.8) is 0 Å². The maximum absolute atomic E-state index is 9.94. The Morgan fingerprint density at radius 1 is 1.25 bits per heavy atom. The maximum atomic E-state index is 9.94. The van der Waals surface area contributed by atoms with Gasteiger partial charge >= 0.3 is 0 Å². The third kappa shape index (κ3) is 2.23. The van der Waals surface area contributed by atoms with E-state index in [0.717, 1.165) is 21.7 Å². The number of hydrogen-bond acceptors (Lipinski definition) is 4. The predicted octanol–water partition coefficient (Wildman–Crippen LogP) is 3.21. The average molecular weight is 287 g/mol. The Hall–Kier alpha value is -1.72. The van der Waals surface area contributed by atoms with E-state index in [9.17, 15) is 5.11 Å². The zero-order valence-corrected chi connectivity index (χ0v) is 12.6. The van der Waals surface area contributed by atoms with E-state index in [1.165, 1.54) is 4.88 Å². The number of para-hydroxylation sites is 2. The Bertz CT molecular complexity index is 738. The van der Waals surface area contributed by atoms with Gasteiger partial charge in [-0.05, 0) is 32.9 Å². The number of fused-ring (bicyclic) bond motifs is 1. The van der Waals surface area contributed by atoms with Crippen LogP contribution in [-0.4, -0.2) is 19.6 Å². The molecule has 0 spiro atoms. The highest BCUT2D eigenvalue weighted by atomic mass is 32.1. The Balaban J connectivity index is 2.11. The van der Waals surface area contributed by atoms with Crippen molar-refractivity contribution in [2.75, 3.05) is 0 Å². The fourth-order valence-electron chi connectivity index (χ4n) is 2.32. The normalized spacial score (nSPS) is 13.0. The molecule has 1 atom stereocenters. The number of aliphatic hydroxyl groups is 1. The van der Waals surface area contributed by atoms with Gasteiger partial charge in [0.2, 0.25) is 0 Å². The zero-order chi connectivity index (χ0) is 14.3. The van der Waals surface area contributed by atoms with Gasteiger partial charge in [0, 0.05) is 4.88 Å². The second kappa shape index (κ2) is 5.00. The highest BCUT2D eigenvalue weighted by molar-refractivity contribution is 7.11. The van der Waals surface area contributed by atoms with Crippen molar-refractivity contribution in [3.05, 3.63) is 45.7 Å². The Labute approximate surface area is 121 Å². The van der Waals surface area contributed by atoms with Gasteiger partial charge in [0.15, 0.2) is 0 Å². The fourth-order valence-corrected chi connectivity index (χ4v) is 3.24. The standard InChI is InChI=1S/C15H17N3OS/c1-9-11(3)20-14(16-9)8-18-13-7-5-4-6-12(13)17-15(18)10(2)19/h4-7,10,19H,8H2,1-3H3. The third-order valence-electron chi connectivity index (χ3n) is 3.42. The number of nitrogens with zero attached hydrogens (tertiary/aromatic N) is 3. The van der Waals surface area contributed by atoms with Crippen molar-refractivity contribution in [1.29, 1.82) is 0 Å². The van der Waals surface area contributed by atoms with Gasteiger partial charge in [0.1, 0.15) is 16.9 Å². The van der Waals surface area contributed by atoms with Crippen LogP contribution in [0.15, 0.2) is 24.3 Å². The lowest BCUT2D eigenvalue weighted by molar-refractivity contribution is 0.185. The first-order valence-electron chi connectivity index (χ1n) is 6.62. The number of benzene rings is 1. The highest BCUT2D eigenvalue weighted by Gasteiger charge is 2.16. The lowest BCUT2D eigenvalue weighted by atomic mass is 10.3. The Morgan fingerprint density at radius 2 is 2.00 bits per heavy atom. The van der Waals surface area contributed by atoms with E-state index in [0.29, 0.717) is 12.4 Å². The van der Waals surface area contributed by atoms with Crippen LogP contribution in [0, 0.1) is 13.8 Å². The van der Waals surface area contributed by atoms with Gasteiger partial charge in [0.25, 0.3) is 0 Å². The van der Waals surface area contributed by atoms with Crippen LogP contribution in [0.5, 0.6) is 0 Å². The molecule has 1 N–H and O–H groups in total. The van der Waals surface area contributed by atoms with Crippen molar-refractivity contribution in [1.82, 2.24) is 14.5 Å². The first-order valence-corrected chi connectivity index (χ1v) is 7.44. The first kappa shape index (κ1) is 13.3. The summed E-state index contributed by atoms with van der Waals surface area (Å²) in [5.41, 5.74) is 3.02. The van der Waals surface area contributed by atoms with Crippen molar-refractivity contribution < 1.29 is 5.11 Å². The molecular weight excluding hydrogens is 270 g/mol. The molecule has 20 heavy (non-hydrogen) atoms. The first-order chi connectivity index (χ1) is 9.56. The second-order valence-electron chi connectivity index (χ2n) is 4.97. The molecule has 0 aliphatic rings. The van der Waals surface area contributed by atoms with Gasteiger partial charge in [-0.15, -0.1) is 11.3 Å². The summed E-state index contributed by atoms with van der Waals surface area (Å²) in [7, 11) is 0. The predicted molar refractivity (Wildman–Crippen MR) is 81.1 cm³/mol. The summed E-state index contributed by atoms with van der Waals surface area (Å²) in [4.78, 5) is 10.3. The second-order valence-corrected chi connectivity index (χ2v) is 6.26. The molecule has 2 aromatic heterocycles. The van der Waals surface area contributed by atoms with Crippen molar-refractivity contribution in [3.8, 4) is 0 Å². The summed E-state index contributed by atoms with van der Waals surface area (Å²) in [6.07, 6.45) is -0.593. The summed E-state index contributed by atoms with van der Waals surface area (Å²) < 4.78 is 2.05. The number of hydrogen-bond donors (Lipinski definition) is 1. The van der Waals surface area contributed by atoms with E-state index in [1.807, 2.05) is 31.2 Å². The van der Waals surface area contributed by atoms with E-state index in [4.69, 9.17) is 0 Å². The molecule has 1 unspecified atom stereocenters. The van der Waals surface area contributed by atoms with Crippen LogP contribution in [0.25, 0.3) is 11.0 Å². The minimum Gasteiger partial charge on any atom is -0.385 e. The van der Waals surface area contributed by atoms with Gasteiger partial charge in [-0.3, -0.25) is 0 Å². The number of aryl methyl sites for hydroxylation is 2. The van der Waals surface area contributed by atoms with E-state index in [-0.39, 0.29) is 0 Å². The Morgan fingerprint density at radius 3 is 2.65 bits per heavy atom. The van der Waals surface area contributed by atoms with E-state index in [1.54, 1.807) is 18.3 Å². The Kier molecular flexibility index (Phi) is 3.31. The molecule has 2 heterocycles. The van der Waals surface area contributed by atoms with Gasteiger partial charge in [-0.1, -0.05) is 12.1 Å². The highest BCUT2D eigenvalue weighted by Crippen LogP contribution is 2.24. The van der Waals surface area contributed by atoms with Crippen LogP contribution in [0.1, 0.15) is 34.4 Å². The molecule has 0 aliphatic heterocycles. The molecule has 3 aromatic rings. The number of aliphatic hydroxyl groups excluding tert-OH is 1. The van der Waals surface area contributed by atoms with Crippen LogP contribution in [0.2, 0.25) is 0 Å². The molecular formula is C15H17N3OS. The molecule has 0 fully saturated rings. The molecule has 0 radical (unpaired) electrons. The summed E-state index contributed by atoms with van der Waals surface area (Å²) in [5, 5.41) is 11.0. The monoisotopic (exact) mass is 287 g/mol. The van der Waals surface area contributed by atoms with E-state index in [2.05, 4.69) is 21.5 Å². The van der Waals surface area contributed by atoms with Gasteiger partial charge in [-0.25, -0.2) is 9.97 Å². The zero-order valence-electron chi connectivity index (χ0n) is 11.8. The minimum atomic E-state index is -0.593. The quantitative estimate of drug-likeness (QED) is 0.804. The van der Waals surface area contributed by atoms with Gasteiger partial charge in [0.05, 0.1) is 23.3 Å². The van der Waals surface area contributed by atoms with E-state index < -0.39 is 6.10 Å². The van der Waals surface area contributed by atoms with Gasteiger partial charge in [-0.2, -0.15) is 0 Å². The van der Waals surface area contributed by atoms with E-state index >= 15 is 0 Å². The van der Waals surface area contributed by atoms with Crippen LogP contribution < -0.4 is 0 Å². The topological polar surface area (TPSA) is 50.9 Å². The lowest BCUT2D eigenvalue weighted by Gasteiger charge is -2.09. The van der Waals surface area contributed by atoms with Crippen molar-refractivity contribution in [2.24, 2.45) is 0 Å². The van der Waals surface area contributed by atoms with Crippen molar-refractivity contribution in [2.45, 2.75) is 33.4 Å². The van der Waals surface area contributed by atoms with Crippen LogP contribution in [0.4, 0.5) is 0 Å². The number of aromatic nitrogens is 3. The van der Waals surface area contributed by atoms with Crippen molar-refractivity contribution >= 4 is 22.4 Å². The smallest absolute Gasteiger partial charge is 0.138 e. The van der Waals surface area contributed by atoms with Gasteiger partial charge < -0.3 is 9.67 Å². The maximum Gasteiger partial charge on any atom is 0.138 e. The molecule has 0 amide bonds. The summed E-state index contributed by atoms with van der Waals surface area (Å²) in [5.74, 6) is 0.691. The molecule has 0 saturated heterocycles. The minimum absolute atomic E-state index is 0.593. The average Bonchev–Trinajstić information content (AvgIpc) is 2.92. The van der Waals surface area contributed by atoms with Crippen LogP contribution in [0.3, 0.4) is 0 Å². The summed E-state index contributed by atoms with van der Waals surface area (Å²) in [6.45, 7) is 6.51. The number of thiazole rings is 1. The third-order valence-corrected chi connectivity index (χ3v) is 4.48. The van der Waals surface area contributed by atoms with Crippen LogP contribution in [-0.2, 0) is 6.54 Å². The molecule has 0 bridgehead atoms.